The number of rotatable bonds is 4. The summed E-state index contributed by atoms with van der Waals surface area (Å²) in [7, 11) is 0. The Bertz CT molecular complexity index is 414. The van der Waals surface area contributed by atoms with E-state index in [1.165, 1.54) is 0 Å². The molecule has 4 heteroatoms. The van der Waals surface area contributed by atoms with E-state index in [0.717, 1.165) is 29.1 Å². The summed E-state index contributed by atoms with van der Waals surface area (Å²) in [5.74, 6) is 0. The van der Waals surface area contributed by atoms with E-state index in [-0.39, 0.29) is 6.61 Å². The lowest BCUT2D eigenvalue weighted by Crippen LogP contribution is -1.89. The van der Waals surface area contributed by atoms with Gasteiger partial charge in [-0.3, -0.25) is 4.98 Å². The molecule has 2 heterocycles. The zero-order valence-electron chi connectivity index (χ0n) is 8.26. The molecule has 78 valence electrons. The van der Waals surface area contributed by atoms with Gasteiger partial charge in [0, 0.05) is 29.9 Å². The standard InChI is InChI=1S/C11H12N2OS/c14-7-1-2-10-8-15-11(13-10)9-3-5-12-6-4-9/h3-6,8,14H,1-2,7H2. The second kappa shape index (κ2) is 5.00. The Morgan fingerprint density at radius 1 is 1.27 bits per heavy atom. The van der Waals surface area contributed by atoms with Crippen LogP contribution in [-0.4, -0.2) is 21.7 Å². The molecular weight excluding hydrogens is 208 g/mol. The van der Waals surface area contributed by atoms with Crippen LogP contribution in [0.2, 0.25) is 0 Å². The number of thiazole rings is 1. The van der Waals surface area contributed by atoms with Crippen LogP contribution < -0.4 is 0 Å². The van der Waals surface area contributed by atoms with Crippen molar-refractivity contribution in [1.29, 1.82) is 0 Å². The van der Waals surface area contributed by atoms with Crippen molar-refractivity contribution in [2.45, 2.75) is 12.8 Å². The highest BCUT2D eigenvalue weighted by molar-refractivity contribution is 7.13. The van der Waals surface area contributed by atoms with E-state index >= 15 is 0 Å². The molecule has 0 aliphatic rings. The zero-order valence-corrected chi connectivity index (χ0v) is 9.07. The molecule has 0 saturated heterocycles. The highest BCUT2D eigenvalue weighted by atomic mass is 32.1. The Labute approximate surface area is 92.5 Å². The Kier molecular flexibility index (Phi) is 3.42. The average molecular weight is 220 g/mol. The summed E-state index contributed by atoms with van der Waals surface area (Å²) in [5.41, 5.74) is 2.16. The SMILES string of the molecule is OCCCc1csc(-c2ccncc2)n1. The van der Waals surface area contributed by atoms with Crippen LogP contribution in [0.4, 0.5) is 0 Å². The van der Waals surface area contributed by atoms with Crippen molar-refractivity contribution in [3.63, 3.8) is 0 Å². The maximum absolute atomic E-state index is 8.72. The van der Waals surface area contributed by atoms with Crippen LogP contribution in [-0.2, 0) is 6.42 Å². The Morgan fingerprint density at radius 3 is 2.80 bits per heavy atom. The smallest absolute Gasteiger partial charge is 0.123 e. The summed E-state index contributed by atoms with van der Waals surface area (Å²) in [6.07, 6.45) is 5.16. The van der Waals surface area contributed by atoms with Crippen molar-refractivity contribution in [2.24, 2.45) is 0 Å². The largest absolute Gasteiger partial charge is 0.396 e. The van der Waals surface area contributed by atoms with Gasteiger partial charge in [0.25, 0.3) is 0 Å². The maximum atomic E-state index is 8.72. The highest BCUT2D eigenvalue weighted by Crippen LogP contribution is 2.23. The number of aliphatic hydroxyl groups is 1. The van der Waals surface area contributed by atoms with Crippen LogP contribution in [0.5, 0.6) is 0 Å². The molecule has 0 amide bonds. The summed E-state index contributed by atoms with van der Waals surface area (Å²) in [5, 5.41) is 11.8. The molecule has 0 aromatic carbocycles. The van der Waals surface area contributed by atoms with Crippen LogP contribution in [0.25, 0.3) is 10.6 Å². The minimum Gasteiger partial charge on any atom is -0.396 e. The van der Waals surface area contributed by atoms with Gasteiger partial charge in [-0.2, -0.15) is 0 Å². The van der Waals surface area contributed by atoms with Gasteiger partial charge in [-0.1, -0.05) is 0 Å². The van der Waals surface area contributed by atoms with Gasteiger partial charge in [0.05, 0.1) is 5.69 Å². The summed E-state index contributed by atoms with van der Waals surface area (Å²) in [6, 6.07) is 3.91. The van der Waals surface area contributed by atoms with Gasteiger partial charge in [0.1, 0.15) is 5.01 Å². The number of hydrogen-bond acceptors (Lipinski definition) is 4. The molecule has 2 aromatic heterocycles. The van der Waals surface area contributed by atoms with E-state index in [0.29, 0.717) is 0 Å². The fraction of sp³-hybridized carbons (Fsp3) is 0.273. The summed E-state index contributed by atoms with van der Waals surface area (Å²) >= 11 is 1.63. The van der Waals surface area contributed by atoms with Gasteiger partial charge in [-0.25, -0.2) is 4.98 Å². The van der Waals surface area contributed by atoms with E-state index in [1.807, 2.05) is 17.5 Å². The summed E-state index contributed by atoms with van der Waals surface area (Å²) in [4.78, 5) is 8.47. The van der Waals surface area contributed by atoms with Gasteiger partial charge < -0.3 is 5.11 Å². The summed E-state index contributed by atoms with van der Waals surface area (Å²) in [6.45, 7) is 0.224. The van der Waals surface area contributed by atoms with Crippen molar-refractivity contribution < 1.29 is 5.11 Å². The van der Waals surface area contributed by atoms with E-state index < -0.39 is 0 Å². The lowest BCUT2D eigenvalue weighted by atomic mass is 10.2. The first kappa shape index (κ1) is 10.3. The number of hydrogen-bond donors (Lipinski definition) is 1. The molecule has 2 aromatic rings. The number of aliphatic hydroxyl groups excluding tert-OH is 1. The maximum Gasteiger partial charge on any atom is 0.123 e. The molecule has 0 atom stereocenters. The third-order valence-electron chi connectivity index (χ3n) is 2.07. The molecule has 15 heavy (non-hydrogen) atoms. The monoisotopic (exact) mass is 220 g/mol. The van der Waals surface area contributed by atoms with Crippen LogP contribution in [0, 0.1) is 0 Å². The lowest BCUT2D eigenvalue weighted by Gasteiger charge is -1.94. The molecule has 0 radical (unpaired) electrons. The predicted octanol–water partition coefficient (Wildman–Crippen LogP) is 2.13. The van der Waals surface area contributed by atoms with Crippen molar-refractivity contribution in [3.05, 3.63) is 35.6 Å². The fourth-order valence-corrected chi connectivity index (χ4v) is 2.17. The Balaban J connectivity index is 2.14. The van der Waals surface area contributed by atoms with E-state index in [9.17, 15) is 0 Å². The lowest BCUT2D eigenvalue weighted by molar-refractivity contribution is 0.288. The van der Waals surface area contributed by atoms with Crippen molar-refractivity contribution in [1.82, 2.24) is 9.97 Å². The molecule has 0 aliphatic heterocycles. The molecule has 1 N–H and O–H groups in total. The first-order valence-electron chi connectivity index (χ1n) is 4.86. The second-order valence-corrected chi connectivity index (χ2v) is 4.07. The predicted molar refractivity (Wildman–Crippen MR) is 60.8 cm³/mol. The third kappa shape index (κ3) is 2.61. The first-order valence-corrected chi connectivity index (χ1v) is 5.74. The fourth-order valence-electron chi connectivity index (χ4n) is 1.31. The molecule has 0 bridgehead atoms. The molecule has 3 nitrogen and oxygen atoms in total. The van der Waals surface area contributed by atoms with Gasteiger partial charge >= 0.3 is 0 Å². The number of aromatic nitrogens is 2. The average Bonchev–Trinajstić information content (AvgIpc) is 2.76. The molecule has 0 aliphatic carbocycles. The quantitative estimate of drug-likeness (QED) is 0.858. The normalized spacial score (nSPS) is 10.5. The van der Waals surface area contributed by atoms with Crippen LogP contribution in [0.3, 0.4) is 0 Å². The number of aryl methyl sites for hydroxylation is 1. The Hall–Kier alpha value is -1.26. The van der Waals surface area contributed by atoms with Crippen LogP contribution >= 0.6 is 11.3 Å². The van der Waals surface area contributed by atoms with Gasteiger partial charge in [0.15, 0.2) is 0 Å². The van der Waals surface area contributed by atoms with Gasteiger partial charge in [-0.15, -0.1) is 11.3 Å². The van der Waals surface area contributed by atoms with E-state index in [2.05, 4.69) is 9.97 Å². The number of pyridine rings is 1. The van der Waals surface area contributed by atoms with Crippen molar-refractivity contribution in [2.75, 3.05) is 6.61 Å². The zero-order chi connectivity index (χ0) is 10.5. The minimum atomic E-state index is 0.224. The molecule has 0 spiro atoms. The molecule has 2 rings (SSSR count). The van der Waals surface area contributed by atoms with Crippen LogP contribution in [0.1, 0.15) is 12.1 Å². The van der Waals surface area contributed by atoms with Crippen molar-refractivity contribution in [3.8, 4) is 10.6 Å². The van der Waals surface area contributed by atoms with Gasteiger partial charge in [-0.05, 0) is 25.0 Å². The second-order valence-electron chi connectivity index (χ2n) is 3.21. The van der Waals surface area contributed by atoms with E-state index in [1.54, 1.807) is 23.7 Å². The first-order chi connectivity index (χ1) is 7.40. The van der Waals surface area contributed by atoms with Crippen LogP contribution in [0.15, 0.2) is 29.9 Å². The minimum absolute atomic E-state index is 0.224. The number of nitrogens with zero attached hydrogens (tertiary/aromatic N) is 2. The topological polar surface area (TPSA) is 46.0 Å². The van der Waals surface area contributed by atoms with E-state index in [4.69, 9.17) is 5.11 Å². The molecule has 0 fully saturated rings. The van der Waals surface area contributed by atoms with Crippen molar-refractivity contribution >= 4 is 11.3 Å². The highest BCUT2D eigenvalue weighted by Gasteiger charge is 2.03. The third-order valence-corrected chi connectivity index (χ3v) is 3.01. The molecule has 0 unspecified atom stereocenters. The van der Waals surface area contributed by atoms with Gasteiger partial charge in [0.2, 0.25) is 0 Å². The molecule has 0 saturated carbocycles. The molecular formula is C11H12N2OS. The summed E-state index contributed by atoms with van der Waals surface area (Å²) < 4.78 is 0. The Morgan fingerprint density at radius 2 is 2.07 bits per heavy atom.